The number of nitrogens with zero attached hydrogens (tertiary/aromatic N) is 1. The summed E-state index contributed by atoms with van der Waals surface area (Å²) in [5, 5.41) is 2.14. The minimum Gasteiger partial charge on any atom is -0.452 e. The van der Waals surface area contributed by atoms with Crippen molar-refractivity contribution >= 4 is 56.8 Å². The lowest BCUT2D eigenvalue weighted by molar-refractivity contribution is -0.143. The maximum atomic E-state index is 11.5. The molecule has 0 saturated carbocycles. The van der Waals surface area contributed by atoms with Crippen molar-refractivity contribution in [1.82, 2.24) is 10.2 Å². The highest BCUT2D eigenvalue weighted by Gasteiger charge is 2.29. The number of nitrogens with one attached hydrogen (secondary N) is 1. The van der Waals surface area contributed by atoms with Crippen LogP contribution < -0.4 is 5.32 Å². The lowest BCUT2D eigenvalue weighted by Gasteiger charge is -2.12. The number of esters is 1. The van der Waals surface area contributed by atoms with Gasteiger partial charge < -0.3 is 14.5 Å². The van der Waals surface area contributed by atoms with Crippen LogP contribution in [0.2, 0.25) is 0 Å². The molecule has 1 aliphatic rings. The molecule has 1 fully saturated rings. The van der Waals surface area contributed by atoms with E-state index in [0.717, 1.165) is 22.7 Å². The average molecular weight is 417 g/mol. The topological polar surface area (TPSA) is 106 Å². The molecule has 0 bridgehead atoms. The molecular weight excluding hydrogens is 404 g/mol. The standard InChI is InChI=1S/C14H13BrN2O6S/c15-10-3-1-9(23-10)2-4-13(20)22-7-11(18)16-5-6-17-12(19)8-24-14(17)21/h1-4H,5-8H2,(H,16,18)/b4-2+. The zero-order valence-electron chi connectivity index (χ0n) is 12.3. The first kappa shape index (κ1) is 18.3. The number of ether oxygens (including phenoxy) is 1. The second kappa shape index (κ2) is 8.69. The van der Waals surface area contributed by atoms with Crippen molar-refractivity contribution in [2.75, 3.05) is 25.4 Å². The average Bonchev–Trinajstić information content (AvgIpc) is 3.10. The van der Waals surface area contributed by atoms with Crippen molar-refractivity contribution < 1.29 is 28.3 Å². The van der Waals surface area contributed by atoms with E-state index in [1.165, 1.54) is 6.08 Å². The minimum absolute atomic E-state index is 0.0949. The highest BCUT2D eigenvalue weighted by Crippen LogP contribution is 2.17. The summed E-state index contributed by atoms with van der Waals surface area (Å²) in [5.74, 6) is -0.909. The van der Waals surface area contributed by atoms with Gasteiger partial charge in [-0.25, -0.2) is 4.79 Å². The number of carbonyl (C=O) groups is 4. The van der Waals surface area contributed by atoms with E-state index in [2.05, 4.69) is 21.2 Å². The minimum atomic E-state index is -0.695. The van der Waals surface area contributed by atoms with Gasteiger partial charge in [-0.05, 0) is 34.1 Å². The van der Waals surface area contributed by atoms with Gasteiger partial charge in [-0.1, -0.05) is 11.8 Å². The van der Waals surface area contributed by atoms with Gasteiger partial charge in [-0.2, -0.15) is 0 Å². The van der Waals surface area contributed by atoms with Crippen LogP contribution in [-0.2, 0) is 19.1 Å². The van der Waals surface area contributed by atoms with Crippen molar-refractivity contribution in [1.29, 1.82) is 0 Å². The number of amides is 3. The molecule has 8 nitrogen and oxygen atoms in total. The summed E-state index contributed by atoms with van der Waals surface area (Å²) in [6.07, 6.45) is 2.55. The summed E-state index contributed by atoms with van der Waals surface area (Å²) in [6, 6.07) is 3.33. The Bertz CT molecular complexity index is 671. The monoisotopic (exact) mass is 416 g/mol. The van der Waals surface area contributed by atoms with Crippen molar-refractivity contribution in [3.05, 3.63) is 28.6 Å². The first-order chi connectivity index (χ1) is 11.5. The smallest absolute Gasteiger partial charge is 0.331 e. The van der Waals surface area contributed by atoms with E-state index in [4.69, 9.17) is 9.15 Å². The number of carbonyl (C=O) groups excluding carboxylic acids is 4. The molecule has 0 radical (unpaired) electrons. The molecule has 0 aromatic carbocycles. The molecular formula is C14H13BrN2O6S. The van der Waals surface area contributed by atoms with Gasteiger partial charge in [0.25, 0.3) is 11.1 Å². The Hall–Kier alpha value is -2.07. The second-order valence-corrected chi connectivity index (χ2v) is 6.24. The summed E-state index contributed by atoms with van der Waals surface area (Å²) >= 11 is 4.06. The van der Waals surface area contributed by atoms with Crippen molar-refractivity contribution in [2.45, 2.75) is 0 Å². The highest BCUT2D eigenvalue weighted by atomic mass is 79.9. The van der Waals surface area contributed by atoms with Gasteiger partial charge in [0, 0.05) is 19.2 Å². The van der Waals surface area contributed by atoms with Gasteiger partial charge in [0.1, 0.15) is 5.76 Å². The van der Waals surface area contributed by atoms with Crippen LogP contribution in [0.4, 0.5) is 4.79 Å². The lowest BCUT2D eigenvalue weighted by atomic mass is 10.4. The SMILES string of the molecule is O=C(COC(=O)/C=C/c1ccc(Br)o1)NCCN1C(=O)CSC1=O. The van der Waals surface area contributed by atoms with Crippen LogP contribution in [0.1, 0.15) is 5.76 Å². The fourth-order valence-corrected chi connectivity index (χ4v) is 2.78. The Morgan fingerprint density at radius 3 is 2.83 bits per heavy atom. The first-order valence-electron chi connectivity index (χ1n) is 6.79. The summed E-state index contributed by atoms with van der Waals surface area (Å²) in [4.78, 5) is 46.7. The Kier molecular flexibility index (Phi) is 6.62. The highest BCUT2D eigenvalue weighted by molar-refractivity contribution is 9.10. The lowest BCUT2D eigenvalue weighted by Crippen LogP contribution is -2.38. The molecule has 0 atom stereocenters. The quantitative estimate of drug-likeness (QED) is 0.528. The van der Waals surface area contributed by atoms with E-state index in [1.54, 1.807) is 12.1 Å². The number of rotatable bonds is 7. The van der Waals surface area contributed by atoms with E-state index in [-0.39, 0.29) is 30.0 Å². The van der Waals surface area contributed by atoms with Crippen molar-refractivity contribution in [3.8, 4) is 0 Å². The third-order valence-electron chi connectivity index (χ3n) is 2.82. The summed E-state index contributed by atoms with van der Waals surface area (Å²) in [5.41, 5.74) is 0. The predicted octanol–water partition coefficient (Wildman–Crippen LogP) is 1.41. The number of thioether (sulfide) groups is 1. The molecule has 1 saturated heterocycles. The molecule has 3 amide bonds. The van der Waals surface area contributed by atoms with Crippen LogP contribution in [0.5, 0.6) is 0 Å². The summed E-state index contributed by atoms with van der Waals surface area (Å²) in [6.45, 7) is -0.260. The van der Waals surface area contributed by atoms with Crippen molar-refractivity contribution in [3.63, 3.8) is 0 Å². The number of halogens is 1. The zero-order valence-corrected chi connectivity index (χ0v) is 14.7. The van der Waals surface area contributed by atoms with Gasteiger partial charge in [-0.3, -0.25) is 19.3 Å². The molecule has 1 N–H and O–H groups in total. The van der Waals surface area contributed by atoms with Crippen LogP contribution in [0.15, 0.2) is 27.3 Å². The number of furan rings is 1. The maximum Gasteiger partial charge on any atom is 0.331 e. The van der Waals surface area contributed by atoms with Gasteiger partial charge >= 0.3 is 5.97 Å². The van der Waals surface area contributed by atoms with E-state index < -0.39 is 18.5 Å². The number of hydrogen-bond acceptors (Lipinski definition) is 7. The summed E-state index contributed by atoms with van der Waals surface area (Å²) < 4.78 is 10.4. The summed E-state index contributed by atoms with van der Waals surface area (Å²) in [7, 11) is 0. The number of hydrogen-bond donors (Lipinski definition) is 1. The Labute approximate surface area is 149 Å². The van der Waals surface area contributed by atoms with E-state index in [0.29, 0.717) is 10.4 Å². The predicted molar refractivity (Wildman–Crippen MR) is 89.0 cm³/mol. The third kappa shape index (κ3) is 5.53. The van der Waals surface area contributed by atoms with Crippen LogP contribution >= 0.6 is 27.7 Å². The van der Waals surface area contributed by atoms with E-state index in [9.17, 15) is 19.2 Å². The molecule has 1 aromatic rings. The number of imide groups is 1. The fraction of sp³-hybridized carbons (Fsp3) is 0.286. The van der Waals surface area contributed by atoms with Gasteiger partial charge in [-0.15, -0.1) is 0 Å². The molecule has 0 unspecified atom stereocenters. The third-order valence-corrected chi connectivity index (χ3v) is 4.11. The molecule has 0 spiro atoms. The first-order valence-corrected chi connectivity index (χ1v) is 8.57. The largest absolute Gasteiger partial charge is 0.452 e. The van der Waals surface area contributed by atoms with Gasteiger partial charge in [0.05, 0.1) is 5.75 Å². The molecule has 1 aliphatic heterocycles. The normalized spacial score (nSPS) is 14.5. The van der Waals surface area contributed by atoms with Crippen LogP contribution in [0.3, 0.4) is 0 Å². The Morgan fingerprint density at radius 2 is 2.21 bits per heavy atom. The van der Waals surface area contributed by atoms with Gasteiger partial charge in [0.2, 0.25) is 5.91 Å². The molecule has 128 valence electrons. The molecule has 1 aromatic heterocycles. The Balaban J connectivity index is 1.64. The van der Waals surface area contributed by atoms with E-state index >= 15 is 0 Å². The van der Waals surface area contributed by atoms with E-state index in [1.807, 2.05) is 0 Å². The molecule has 10 heteroatoms. The van der Waals surface area contributed by atoms with Gasteiger partial charge in [0.15, 0.2) is 11.3 Å². The van der Waals surface area contributed by atoms with Crippen LogP contribution in [-0.4, -0.2) is 53.4 Å². The molecule has 2 heterocycles. The van der Waals surface area contributed by atoms with Crippen LogP contribution in [0, 0.1) is 0 Å². The zero-order chi connectivity index (χ0) is 17.5. The Morgan fingerprint density at radius 1 is 1.42 bits per heavy atom. The second-order valence-electron chi connectivity index (χ2n) is 4.53. The fourth-order valence-electron chi connectivity index (χ4n) is 1.71. The maximum absolute atomic E-state index is 11.5. The van der Waals surface area contributed by atoms with Crippen molar-refractivity contribution in [2.24, 2.45) is 0 Å². The molecule has 2 rings (SSSR count). The molecule has 24 heavy (non-hydrogen) atoms. The van der Waals surface area contributed by atoms with Crippen LogP contribution in [0.25, 0.3) is 6.08 Å². The molecule has 0 aliphatic carbocycles.